The molecule has 5 nitrogen and oxygen atoms in total. The molecule has 1 aliphatic heterocycles. The molecule has 162 valence electrons. The third kappa shape index (κ3) is 6.26. The second-order valence-electron chi connectivity index (χ2n) is 8.07. The molecule has 2 fully saturated rings. The van der Waals surface area contributed by atoms with E-state index in [0.717, 1.165) is 49.9 Å². The lowest BCUT2D eigenvalue weighted by atomic mass is 10.1. The van der Waals surface area contributed by atoms with Gasteiger partial charge in [-0.15, -0.1) is 35.7 Å². The number of halogens is 1. The Balaban J connectivity index is 0.00000256. The molecule has 1 saturated heterocycles. The summed E-state index contributed by atoms with van der Waals surface area (Å²) in [5.41, 5.74) is 1.08. The van der Waals surface area contributed by atoms with Gasteiger partial charge in [-0.1, -0.05) is 24.3 Å². The summed E-state index contributed by atoms with van der Waals surface area (Å²) in [6.45, 7) is 5.06. The highest BCUT2D eigenvalue weighted by atomic mass is 127. The molecule has 30 heavy (non-hydrogen) atoms. The van der Waals surface area contributed by atoms with Crippen LogP contribution in [0, 0.1) is 6.92 Å². The van der Waals surface area contributed by atoms with Gasteiger partial charge in [0.2, 0.25) is 0 Å². The summed E-state index contributed by atoms with van der Waals surface area (Å²) >= 11 is 2.00. The van der Waals surface area contributed by atoms with Gasteiger partial charge < -0.3 is 15.5 Å². The molecule has 0 unspecified atom stereocenters. The highest BCUT2D eigenvalue weighted by Crippen LogP contribution is 2.51. The number of anilines is 1. The van der Waals surface area contributed by atoms with E-state index in [4.69, 9.17) is 0 Å². The number of aryl methyl sites for hydroxylation is 1. The zero-order chi connectivity index (χ0) is 20.1. The average Bonchev–Trinajstić information content (AvgIpc) is 3.52. The minimum Gasteiger partial charge on any atom is -0.356 e. The van der Waals surface area contributed by atoms with Gasteiger partial charge in [0.05, 0.1) is 0 Å². The van der Waals surface area contributed by atoms with Gasteiger partial charge >= 0.3 is 0 Å². The molecule has 0 atom stereocenters. The van der Waals surface area contributed by atoms with Crippen LogP contribution in [0.2, 0.25) is 0 Å². The van der Waals surface area contributed by atoms with Crippen molar-refractivity contribution in [2.75, 3.05) is 31.6 Å². The molecule has 4 rings (SSSR count). The molecule has 0 radical (unpaired) electrons. The summed E-state index contributed by atoms with van der Waals surface area (Å²) in [4.78, 5) is 12.9. The van der Waals surface area contributed by atoms with Crippen LogP contribution in [0.1, 0.15) is 31.4 Å². The summed E-state index contributed by atoms with van der Waals surface area (Å²) in [5.74, 6) is 2.02. The Kier molecular flexibility index (Phi) is 8.27. The summed E-state index contributed by atoms with van der Waals surface area (Å²) in [5, 5.41) is 7.22. The van der Waals surface area contributed by atoms with Crippen LogP contribution < -0.4 is 15.5 Å². The Hall–Kier alpha value is -1.48. The molecule has 0 amide bonds. The van der Waals surface area contributed by atoms with Gasteiger partial charge in [-0.25, -0.2) is 4.98 Å². The fourth-order valence-corrected chi connectivity index (χ4v) is 5.03. The van der Waals surface area contributed by atoms with E-state index in [2.05, 4.69) is 81.0 Å². The molecule has 2 aliphatic rings. The third-order valence-corrected chi connectivity index (χ3v) is 7.21. The zero-order valence-electron chi connectivity index (χ0n) is 17.8. The van der Waals surface area contributed by atoms with Crippen molar-refractivity contribution < 1.29 is 0 Å². The van der Waals surface area contributed by atoms with E-state index in [1.807, 2.05) is 18.8 Å². The highest BCUT2D eigenvalue weighted by molar-refractivity contribution is 14.0. The maximum Gasteiger partial charge on any atom is 0.191 e. The van der Waals surface area contributed by atoms with Crippen LogP contribution in [-0.2, 0) is 0 Å². The number of nitrogens with one attached hydrogen (secondary N) is 2. The van der Waals surface area contributed by atoms with Crippen molar-refractivity contribution in [2.45, 2.75) is 48.3 Å². The van der Waals surface area contributed by atoms with Gasteiger partial charge in [-0.2, -0.15) is 0 Å². The molecule has 1 aromatic carbocycles. The largest absolute Gasteiger partial charge is 0.356 e. The molecule has 2 N–H and O–H groups in total. The van der Waals surface area contributed by atoms with Crippen molar-refractivity contribution in [3.05, 3.63) is 54.2 Å². The number of hydrogen-bond donors (Lipinski definition) is 2. The quantitative estimate of drug-likeness (QED) is 0.324. The van der Waals surface area contributed by atoms with E-state index in [1.165, 1.54) is 17.7 Å². The number of thioether (sulfide) groups is 1. The van der Waals surface area contributed by atoms with E-state index in [1.54, 1.807) is 0 Å². The first-order valence-corrected chi connectivity index (χ1v) is 11.4. The van der Waals surface area contributed by atoms with Gasteiger partial charge in [0.15, 0.2) is 5.96 Å². The van der Waals surface area contributed by atoms with Gasteiger partial charge in [0, 0.05) is 48.1 Å². The van der Waals surface area contributed by atoms with Crippen molar-refractivity contribution in [3.8, 4) is 0 Å². The van der Waals surface area contributed by atoms with E-state index in [-0.39, 0.29) is 24.0 Å². The summed E-state index contributed by atoms with van der Waals surface area (Å²) in [6, 6.07) is 17.4. The van der Waals surface area contributed by atoms with E-state index >= 15 is 0 Å². The maximum absolute atomic E-state index is 4.66. The lowest BCUT2D eigenvalue weighted by Gasteiger charge is -2.34. The molecule has 1 aromatic heterocycles. The van der Waals surface area contributed by atoms with Crippen LogP contribution in [0.15, 0.2) is 58.4 Å². The minimum atomic E-state index is 0. The van der Waals surface area contributed by atoms with Crippen LogP contribution in [0.5, 0.6) is 0 Å². The Morgan fingerprint density at radius 1 is 1.13 bits per heavy atom. The number of rotatable bonds is 6. The van der Waals surface area contributed by atoms with Crippen molar-refractivity contribution in [3.63, 3.8) is 0 Å². The number of nitrogens with zero attached hydrogens (tertiary/aromatic N) is 3. The lowest BCUT2D eigenvalue weighted by Crippen LogP contribution is -2.50. The van der Waals surface area contributed by atoms with Crippen LogP contribution in [0.3, 0.4) is 0 Å². The average molecular weight is 538 g/mol. The zero-order valence-corrected chi connectivity index (χ0v) is 21.0. The Morgan fingerprint density at radius 3 is 2.50 bits per heavy atom. The standard InChI is InChI=1S/C23H31N5S.HI/c1-18-7-6-10-21(26-18)28-15-11-19(12-16-28)27-22(24-2)25-17-23(13-14-23)29-20-8-4-3-5-9-20;/h3-10,19H,11-17H2,1-2H3,(H2,24,25,27);1H. The number of guanidine groups is 1. The predicted octanol–water partition coefficient (Wildman–Crippen LogP) is 4.47. The first kappa shape index (κ1) is 23.2. The van der Waals surface area contributed by atoms with Crippen molar-refractivity contribution in [1.82, 2.24) is 15.6 Å². The molecule has 0 bridgehead atoms. The third-order valence-electron chi connectivity index (χ3n) is 5.72. The van der Waals surface area contributed by atoms with Gasteiger partial charge in [0.25, 0.3) is 0 Å². The van der Waals surface area contributed by atoms with Gasteiger partial charge in [0.1, 0.15) is 5.82 Å². The minimum absolute atomic E-state index is 0. The van der Waals surface area contributed by atoms with Crippen molar-refractivity contribution >= 4 is 47.5 Å². The number of piperidine rings is 1. The Morgan fingerprint density at radius 2 is 1.87 bits per heavy atom. The van der Waals surface area contributed by atoms with Gasteiger partial charge in [-0.3, -0.25) is 4.99 Å². The first-order chi connectivity index (χ1) is 14.2. The van der Waals surface area contributed by atoms with Crippen LogP contribution >= 0.6 is 35.7 Å². The van der Waals surface area contributed by atoms with Crippen molar-refractivity contribution in [1.29, 1.82) is 0 Å². The topological polar surface area (TPSA) is 52.6 Å². The molecule has 2 heterocycles. The fraction of sp³-hybridized carbons (Fsp3) is 0.478. The highest BCUT2D eigenvalue weighted by Gasteiger charge is 2.43. The molecule has 0 spiro atoms. The molecule has 1 aliphatic carbocycles. The summed E-state index contributed by atoms with van der Waals surface area (Å²) < 4.78 is 0.319. The fourth-order valence-electron chi connectivity index (χ4n) is 3.78. The second-order valence-corrected chi connectivity index (χ2v) is 9.61. The Labute approximate surface area is 201 Å². The number of benzene rings is 1. The van der Waals surface area contributed by atoms with Crippen LogP contribution in [-0.4, -0.2) is 48.4 Å². The molecular weight excluding hydrogens is 505 g/mol. The number of aliphatic imine (C=N–C) groups is 1. The number of aromatic nitrogens is 1. The van der Waals surface area contributed by atoms with E-state index < -0.39 is 0 Å². The van der Waals surface area contributed by atoms with E-state index in [0.29, 0.717) is 10.8 Å². The maximum atomic E-state index is 4.66. The number of hydrogen-bond acceptors (Lipinski definition) is 4. The smallest absolute Gasteiger partial charge is 0.191 e. The van der Waals surface area contributed by atoms with Crippen LogP contribution in [0.4, 0.5) is 5.82 Å². The monoisotopic (exact) mass is 537 g/mol. The predicted molar refractivity (Wildman–Crippen MR) is 138 cm³/mol. The van der Waals surface area contributed by atoms with E-state index in [9.17, 15) is 0 Å². The molecule has 7 heteroatoms. The van der Waals surface area contributed by atoms with Gasteiger partial charge in [-0.05, 0) is 56.9 Å². The van der Waals surface area contributed by atoms with Crippen LogP contribution in [0.25, 0.3) is 0 Å². The number of pyridine rings is 1. The molecular formula is C23H32IN5S. The summed E-state index contributed by atoms with van der Waals surface area (Å²) in [6.07, 6.45) is 4.72. The first-order valence-electron chi connectivity index (χ1n) is 10.6. The second kappa shape index (κ2) is 10.7. The molecule has 1 saturated carbocycles. The summed E-state index contributed by atoms with van der Waals surface area (Å²) in [7, 11) is 1.87. The SMILES string of the molecule is CN=C(NCC1(Sc2ccccc2)CC1)NC1CCN(c2cccc(C)n2)CC1.I. The lowest BCUT2D eigenvalue weighted by molar-refractivity contribution is 0.459. The normalized spacial score (nSPS) is 18.5. The Bertz CT molecular complexity index is 832. The van der Waals surface area contributed by atoms with Crippen molar-refractivity contribution in [2.24, 2.45) is 4.99 Å². The molecule has 2 aromatic rings.